The highest BCUT2D eigenvalue weighted by Crippen LogP contribution is 2.22. The first-order valence-electron chi connectivity index (χ1n) is 5.62. The summed E-state index contributed by atoms with van der Waals surface area (Å²) in [7, 11) is 0. The van der Waals surface area contributed by atoms with Gasteiger partial charge in [0.1, 0.15) is 18.0 Å². The van der Waals surface area contributed by atoms with E-state index in [4.69, 9.17) is 5.73 Å². The standard InChI is InChI=1S/C11H16N6/c1-2-5-13-9(11-15-7-16-17-11)8-4-3-6-14-10(8)12/h3-4,6-7,9,13H,2,5H2,1H3,(H2,12,14)(H,15,16,17). The Morgan fingerprint density at radius 3 is 3.00 bits per heavy atom. The van der Waals surface area contributed by atoms with Gasteiger partial charge in [0.15, 0.2) is 0 Å². The second-order valence-corrected chi connectivity index (χ2v) is 3.74. The molecule has 0 aromatic carbocycles. The van der Waals surface area contributed by atoms with Crippen LogP contribution in [0.25, 0.3) is 0 Å². The molecule has 2 aromatic rings. The van der Waals surface area contributed by atoms with Gasteiger partial charge in [-0.25, -0.2) is 9.97 Å². The van der Waals surface area contributed by atoms with Crippen molar-refractivity contribution < 1.29 is 0 Å². The molecule has 2 rings (SSSR count). The van der Waals surface area contributed by atoms with Crippen molar-refractivity contribution in [2.75, 3.05) is 12.3 Å². The Morgan fingerprint density at radius 2 is 2.35 bits per heavy atom. The van der Waals surface area contributed by atoms with Crippen molar-refractivity contribution in [2.24, 2.45) is 0 Å². The van der Waals surface area contributed by atoms with Gasteiger partial charge >= 0.3 is 0 Å². The van der Waals surface area contributed by atoms with Crippen LogP contribution in [-0.2, 0) is 0 Å². The van der Waals surface area contributed by atoms with Crippen molar-refractivity contribution in [2.45, 2.75) is 19.4 Å². The quantitative estimate of drug-likeness (QED) is 0.711. The lowest BCUT2D eigenvalue weighted by molar-refractivity contribution is 0.574. The van der Waals surface area contributed by atoms with Crippen LogP contribution in [0.5, 0.6) is 0 Å². The molecule has 0 fully saturated rings. The van der Waals surface area contributed by atoms with Crippen LogP contribution in [0.15, 0.2) is 24.7 Å². The van der Waals surface area contributed by atoms with Gasteiger partial charge in [-0.1, -0.05) is 13.0 Å². The zero-order chi connectivity index (χ0) is 12.1. The summed E-state index contributed by atoms with van der Waals surface area (Å²) >= 11 is 0. The molecule has 2 aromatic heterocycles. The van der Waals surface area contributed by atoms with Crippen molar-refractivity contribution in [1.82, 2.24) is 25.5 Å². The molecule has 4 N–H and O–H groups in total. The van der Waals surface area contributed by atoms with Gasteiger partial charge < -0.3 is 11.1 Å². The number of hydrogen-bond donors (Lipinski definition) is 3. The molecule has 6 heteroatoms. The van der Waals surface area contributed by atoms with Gasteiger partial charge in [-0.2, -0.15) is 5.10 Å². The van der Waals surface area contributed by atoms with E-state index in [0.29, 0.717) is 5.82 Å². The lowest BCUT2D eigenvalue weighted by Crippen LogP contribution is -2.25. The average Bonchev–Trinajstić information content (AvgIpc) is 2.85. The largest absolute Gasteiger partial charge is 0.383 e. The maximum Gasteiger partial charge on any atom is 0.146 e. The van der Waals surface area contributed by atoms with E-state index in [-0.39, 0.29) is 6.04 Å². The fourth-order valence-corrected chi connectivity index (χ4v) is 1.67. The zero-order valence-electron chi connectivity index (χ0n) is 9.72. The highest BCUT2D eigenvalue weighted by molar-refractivity contribution is 5.43. The second-order valence-electron chi connectivity index (χ2n) is 3.74. The van der Waals surface area contributed by atoms with Crippen LogP contribution in [0.3, 0.4) is 0 Å². The van der Waals surface area contributed by atoms with E-state index in [1.54, 1.807) is 6.20 Å². The fraction of sp³-hybridized carbons (Fsp3) is 0.364. The van der Waals surface area contributed by atoms with Gasteiger partial charge in [0.25, 0.3) is 0 Å². The van der Waals surface area contributed by atoms with Gasteiger partial charge in [-0.15, -0.1) is 0 Å². The Hall–Kier alpha value is -1.95. The van der Waals surface area contributed by atoms with Crippen LogP contribution in [0, 0.1) is 0 Å². The normalized spacial score (nSPS) is 12.5. The third kappa shape index (κ3) is 2.59. The smallest absolute Gasteiger partial charge is 0.146 e. The maximum absolute atomic E-state index is 5.89. The first-order chi connectivity index (χ1) is 8.33. The molecule has 0 aliphatic rings. The molecule has 17 heavy (non-hydrogen) atoms. The molecule has 1 unspecified atom stereocenters. The summed E-state index contributed by atoms with van der Waals surface area (Å²) in [5, 5.41) is 10.1. The molecular formula is C11H16N6. The van der Waals surface area contributed by atoms with Crippen LogP contribution in [-0.4, -0.2) is 26.7 Å². The fourth-order valence-electron chi connectivity index (χ4n) is 1.67. The molecule has 0 saturated heterocycles. The van der Waals surface area contributed by atoms with Crippen molar-refractivity contribution in [1.29, 1.82) is 0 Å². The molecule has 0 amide bonds. The van der Waals surface area contributed by atoms with Gasteiger partial charge in [0.05, 0.1) is 6.04 Å². The van der Waals surface area contributed by atoms with Gasteiger partial charge in [-0.05, 0) is 19.0 Å². The number of rotatable bonds is 5. The summed E-state index contributed by atoms with van der Waals surface area (Å²) in [5.74, 6) is 1.26. The Kier molecular flexibility index (Phi) is 3.66. The van der Waals surface area contributed by atoms with Crippen LogP contribution in [0.4, 0.5) is 5.82 Å². The minimum Gasteiger partial charge on any atom is -0.383 e. The minimum atomic E-state index is -0.0915. The highest BCUT2D eigenvalue weighted by Gasteiger charge is 2.18. The van der Waals surface area contributed by atoms with Crippen molar-refractivity contribution in [3.8, 4) is 0 Å². The summed E-state index contributed by atoms with van der Waals surface area (Å²) in [6, 6.07) is 3.71. The van der Waals surface area contributed by atoms with E-state index in [2.05, 4.69) is 32.4 Å². The number of nitrogens with zero attached hydrogens (tertiary/aromatic N) is 3. The number of nitrogens with two attached hydrogens (primary N) is 1. The second kappa shape index (κ2) is 5.40. The average molecular weight is 232 g/mol. The van der Waals surface area contributed by atoms with Gasteiger partial charge in [0, 0.05) is 11.8 Å². The molecule has 2 heterocycles. The molecule has 0 aliphatic carbocycles. The van der Waals surface area contributed by atoms with Crippen LogP contribution in [0.1, 0.15) is 30.8 Å². The number of nitrogens with one attached hydrogen (secondary N) is 2. The number of aromatic amines is 1. The number of nitrogen functional groups attached to an aromatic ring is 1. The topological polar surface area (TPSA) is 92.5 Å². The van der Waals surface area contributed by atoms with E-state index in [1.807, 2.05) is 12.1 Å². The van der Waals surface area contributed by atoms with Crippen molar-refractivity contribution in [3.63, 3.8) is 0 Å². The summed E-state index contributed by atoms with van der Waals surface area (Å²) in [5.41, 5.74) is 6.80. The summed E-state index contributed by atoms with van der Waals surface area (Å²) in [4.78, 5) is 8.27. The molecule has 90 valence electrons. The molecular weight excluding hydrogens is 216 g/mol. The van der Waals surface area contributed by atoms with Crippen molar-refractivity contribution in [3.05, 3.63) is 36.0 Å². The monoisotopic (exact) mass is 232 g/mol. The van der Waals surface area contributed by atoms with Crippen LogP contribution < -0.4 is 11.1 Å². The zero-order valence-corrected chi connectivity index (χ0v) is 9.72. The van der Waals surface area contributed by atoms with Gasteiger partial charge in [0.2, 0.25) is 0 Å². The van der Waals surface area contributed by atoms with Crippen molar-refractivity contribution >= 4 is 5.82 Å². The summed E-state index contributed by atoms with van der Waals surface area (Å²) in [6.07, 6.45) is 4.20. The summed E-state index contributed by atoms with van der Waals surface area (Å²) in [6.45, 7) is 2.98. The molecule has 0 spiro atoms. The molecule has 0 radical (unpaired) electrons. The lowest BCUT2D eigenvalue weighted by atomic mass is 10.1. The highest BCUT2D eigenvalue weighted by atomic mass is 15.2. The first-order valence-corrected chi connectivity index (χ1v) is 5.62. The van der Waals surface area contributed by atoms with E-state index < -0.39 is 0 Å². The van der Waals surface area contributed by atoms with Crippen LogP contribution in [0.2, 0.25) is 0 Å². The lowest BCUT2D eigenvalue weighted by Gasteiger charge is -2.17. The predicted molar refractivity (Wildman–Crippen MR) is 65.2 cm³/mol. The number of aromatic nitrogens is 4. The van der Waals surface area contributed by atoms with Crippen LogP contribution >= 0.6 is 0 Å². The molecule has 0 saturated carbocycles. The summed E-state index contributed by atoms with van der Waals surface area (Å²) < 4.78 is 0. The molecule has 6 nitrogen and oxygen atoms in total. The predicted octanol–water partition coefficient (Wildman–Crippen LogP) is 0.871. The SMILES string of the molecule is CCCNC(c1ncn[nH]1)c1cccnc1N. The number of anilines is 1. The van der Waals surface area contributed by atoms with E-state index in [1.165, 1.54) is 6.33 Å². The third-order valence-electron chi connectivity index (χ3n) is 2.49. The van der Waals surface area contributed by atoms with E-state index in [9.17, 15) is 0 Å². The Labute approximate surface area is 99.7 Å². The Morgan fingerprint density at radius 1 is 1.47 bits per heavy atom. The molecule has 0 aliphatic heterocycles. The number of hydrogen-bond acceptors (Lipinski definition) is 5. The molecule has 1 atom stereocenters. The Bertz CT molecular complexity index is 453. The number of H-pyrrole nitrogens is 1. The first kappa shape index (κ1) is 11.5. The third-order valence-corrected chi connectivity index (χ3v) is 2.49. The number of pyridine rings is 1. The van der Waals surface area contributed by atoms with E-state index in [0.717, 1.165) is 24.4 Å². The van der Waals surface area contributed by atoms with Gasteiger partial charge in [-0.3, -0.25) is 5.10 Å². The molecule has 0 bridgehead atoms. The maximum atomic E-state index is 5.89. The minimum absolute atomic E-state index is 0.0915. The van der Waals surface area contributed by atoms with E-state index >= 15 is 0 Å². The Balaban J connectivity index is 2.30.